The predicted octanol–water partition coefficient (Wildman–Crippen LogP) is 2.33. The maximum atomic E-state index is 10.7. The van der Waals surface area contributed by atoms with Crippen molar-refractivity contribution in [1.82, 2.24) is 5.06 Å². The Kier molecular flexibility index (Phi) is 5.16. The van der Waals surface area contributed by atoms with Crippen molar-refractivity contribution in [3.8, 4) is 0 Å². The lowest BCUT2D eigenvalue weighted by molar-refractivity contribution is -0.170. The number of rotatable bonds is 5. The Morgan fingerprint density at radius 2 is 1.94 bits per heavy atom. The van der Waals surface area contributed by atoms with Crippen LogP contribution in [-0.4, -0.2) is 23.6 Å². The normalized spacial score (nSPS) is 10.0. The summed E-state index contributed by atoms with van der Waals surface area (Å²) in [6.07, 6.45) is 3.32. The van der Waals surface area contributed by atoms with Crippen LogP contribution < -0.4 is 4.90 Å². The zero-order valence-electron chi connectivity index (χ0n) is 9.74. The molecule has 0 saturated carbocycles. The molecule has 0 aliphatic rings. The molecule has 0 N–H and O–H groups in total. The van der Waals surface area contributed by atoms with Crippen LogP contribution in [0.4, 0.5) is 5.69 Å². The van der Waals surface area contributed by atoms with Crippen LogP contribution in [0.2, 0.25) is 0 Å². The maximum Gasteiger partial charge on any atom is 0.329 e. The van der Waals surface area contributed by atoms with Crippen LogP contribution in [0.5, 0.6) is 0 Å². The van der Waals surface area contributed by atoms with Gasteiger partial charge in [0.1, 0.15) is 0 Å². The molecule has 0 aliphatic carbocycles. The summed E-state index contributed by atoms with van der Waals surface area (Å²) in [6.45, 7) is 1.35. The van der Waals surface area contributed by atoms with E-state index in [1.54, 1.807) is 24.3 Å². The average Bonchev–Trinajstić information content (AvgIpc) is 2.30. The first-order valence-electron chi connectivity index (χ1n) is 5.02. The molecule has 1 rings (SSSR count). The molecule has 0 amide bonds. The second kappa shape index (κ2) is 6.65. The number of thiocarbonyl (C=S) groups is 1. The molecule has 1 aromatic rings. The zero-order valence-corrected chi connectivity index (χ0v) is 10.6. The predicted molar refractivity (Wildman–Crippen MR) is 71.2 cm³/mol. The number of para-hydroxylation sites is 1. The van der Waals surface area contributed by atoms with E-state index in [9.17, 15) is 4.79 Å². The number of hydrogen-bond acceptors (Lipinski definition) is 4. The second-order valence-corrected chi connectivity index (χ2v) is 3.49. The van der Waals surface area contributed by atoms with Gasteiger partial charge in [-0.3, -0.25) is 4.79 Å². The smallest absolute Gasteiger partial charge is 0.329 e. The molecule has 4 nitrogen and oxygen atoms in total. The Hall–Kier alpha value is -1.88. The molecule has 0 bridgehead atoms. The van der Waals surface area contributed by atoms with E-state index in [1.807, 2.05) is 30.3 Å². The number of anilines is 1. The van der Waals surface area contributed by atoms with Crippen LogP contribution >= 0.6 is 12.2 Å². The van der Waals surface area contributed by atoms with Crippen molar-refractivity contribution in [1.29, 1.82) is 0 Å². The third-order valence-corrected chi connectivity index (χ3v) is 2.10. The summed E-state index contributed by atoms with van der Waals surface area (Å²) >= 11 is 4.92. The van der Waals surface area contributed by atoms with Crippen LogP contribution in [-0.2, 0) is 9.63 Å². The molecular formula is C12H14N2O2S. The summed E-state index contributed by atoms with van der Waals surface area (Å²) in [5.41, 5.74) is 2.45. The highest BCUT2D eigenvalue weighted by molar-refractivity contribution is 7.79. The molecule has 0 fully saturated rings. The SMILES string of the molecule is CC(=O)ON(C)/C=C\N(C=S)c1ccccc1. The van der Waals surface area contributed by atoms with Crippen molar-refractivity contribution in [3.63, 3.8) is 0 Å². The number of hydrogen-bond donors (Lipinski definition) is 0. The van der Waals surface area contributed by atoms with Gasteiger partial charge in [-0.2, -0.15) is 0 Å². The number of nitrogens with zero attached hydrogens (tertiary/aromatic N) is 2. The van der Waals surface area contributed by atoms with Gasteiger partial charge < -0.3 is 9.74 Å². The number of benzene rings is 1. The largest absolute Gasteiger partial charge is 0.342 e. The Balaban J connectivity index is 2.67. The standard InChI is InChI=1S/C12H14N2O2S/c1-11(15)16-13(2)8-9-14(10-17)12-6-4-3-5-7-12/h3-10H,1-2H3/b9-8-. The van der Waals surface area contributed by atoms with Gasteiger partial charge in [-0.15, -0.1) is 0 Å². The van der Waals surface area contributed by atoms with Gasteiger partial charge in [-0.25, -0.2) is 5.06 Å². The zero-order chi connectivity index (χ0) is 12.7. The van der Waals surface area contributed by atoms with E-state index >= 15 is 0 Å². The minimum Gasteiger partial charge on any atom is -0.342 e. The molecule has 0 atom stereocenters. The van der Waals surface area contributed by atoms with E-state index < -0.39 is 0 Å². The first-order chi connectivity index (χ1) is 8.13. The lowest BCUT2D eigenvalue weighted by Crippen LogP contribution is -2.18. The Morgan fingerprint density at radius 1 is 1.29 bits per heavy atom. The third kappa shape index (κ3) is 4.65. The van der Waals surface area contributed by atoms with E-state index in [1.165, 1.54) is 17.5 Å². The number of hydroxylamine groups is 2. The quantitative estimate of drug-likeness (QED) is 0.591. The molecule has 1 aromatic carbocycles. The third-order valence-electron chi connectivity index (χ3n) is 1.88. The van der Waals surface area contributed by atoms with Crippen LogP contribution in [0.25, 0.3) is 0 Å². The van der Waals surface area contributed by atoms with Crippen LogP contribution in [0.3, 0.4) is 0 Å². The van der Waals surface area contributed by atoms with E-state index in [0.717, 1.165) is 5.69 Å². The van der Waals surface area contributed by atoms with Crippen molar-refractivity contribution in [3.05, 3.63) is 42.7 Å². The van der Waals surface area contributed by atoms with Crippen molar-refractivity contribution in [2.75, 3.05) is 11.9 Å². The molecule has 0 aliphatic heterocycles. The number of carbonyl (C=O) groups is 1. The first-order valence-corrected chi connectivity index (χ1v) is 5.49. The van der Waals surface area contributed by atoms with Gasteiger partial charge in [-0.05, 0) is 12.1 Å². The van der Waals surface area contributed by atoms with Gasteiger partial charge in [0.15, 0.2) is 0 Å². The maximum absolute atomic E-state index is 10.7. The fourth-order valence-corrected chi connectivity index (χ4v) is 1.37. The molecule has 17 heavy (non-hydrogen) atoms. The lowest BCUT2D eigenvalue weighted by atomic mass is 10.3. The van der Waals surface area contributed by atoms with Gasteiger partial charge in [0.25, 0.3) is 0 Å². The van der Waals surface area contributed by atoms with Gasteiger partial charge in [0, 0.05) is 25.9 Å². The first kappa shape index (κ1) is 13.2. The lowest BCUT2D eigenvalue weighted by Gasteiger charge is -2.16. The summed E-state index contributed by atoms with van der Waals surface area (Å²) < 4.78 is 0. The van der Waals surface area contributed by atoms with Crippen molar-refractivity contribution in [2.45, 2.75) is 6.92 Å². The molecule has 0 radical (unpaired) electrons. The molecule has 0 spiro atoms. The molecule has 0 heterocycles. The van der Waals surface area contributed by atoms with Crippen LogP contribution in [0.1, 0.15) is 6.92 Å². The second-order valence-electron chi connectivity index (χ2n) is 3.28. The van der Waals surface area contributed by atoms with Crippen LogP contribution in [0, 0.1) is 0 Å². The Bertz CT molecular complexity index is 406. The molecule has 5 heteroatoms. The summed E-state index contributed by atoms with van der Waals surface area (Å²) in [5, 5.41) is 1.32. The average molecular weight is 250 g/mol. The van der Waals surface area contributed by atoms with Crippen molar-refractivity contribution >= 4 is 29.4 Å². The summed E-state index contributed by atoms with van der Waals surface area (Å²) in [7, 11) is 1.63. The van der Waals surface area contributed by atoms with Gasteiger partial charge in [0.05, 0.1) is 11.7 Å². The van der Waals surface area contributed by atoms with Crippen molar-refractivity contribution < 1.29 is 9.63 Å². The Morgan fingerprint density at radius 3 is 2.47 bits per heavy atom. The van der Waals surface area contributed by atoms with E-state index in [4.69, 9.17) is 17.1 Å². The van der Waals surface area contributed by atoms with Crippen LogP contribution in [0.15, 0.2) is 42.7 Å². The molecule has 90 valence electrons. The molecular weight excluding hydrogens is 236 g/mol. The summed E-state index contributed by atoms with van der Waals surface area (Å²) in [6, 6.07) is 9.63. The number of carbonyl (C=O) groups excluding carboxylic acids is 1. The monoisotopic (exact) mass is 250 g/mol. The van der Waals surface area contributed by atoms with Gasteiger partial charge in [0.2, 0.25) is 0 Å². The van der Waals surface area contributed by atoms with Gasteiger partial charge in [-0.1, -0.05) is 30.4 Å². The summed E-state index contributed by atoms with van der Waals surface area (Å²) in [5.74, 6) is -0.370. The highest BCUT2D eigenvalue weighted by Gasteiger charge is 1.99. The molecule has 0 aromatic heterocycles. The highest BCUT2D eigenvalue weighted by atomic mass is 32.1. The highest BCUT2D eigenvalue weighted by Crippen LogP contribution is 2.11. The fourth-order valence-electron chi connectivity index (χ4n) is 1.18. The van der Waals surface area contributed by atoms with E-state index in [0.29, 0.717) is 0 Å². The minimum atomic E-state index is -0.370. The molecule has 0 saturated heterocycles. The minimum absolute atomic E-state index is 0.370. The molecule has 0 unspecified atom stereocenters. The summed E-state index contributed by atoms with van der Waals surface area (Å²) in [4.78, 5) is 17.3. The fraction of sp³-hybridized carbons (Fsp3) is 0.167. The topological polar surface area (TPSA) is 32.8 Å². The van der Waals surface area contributed by atoms with Crippen molar-refractivity contribution in [2.24, 2.45) is 0 Å². The van der Waals surface area contributed by atoms with E-state index in [-0.39, 0.29) is 5.97 Å². The van der Waals surface area contributed by atoms with E-state index in [2.05, 4.69) is 0 Å². The Labute approximate surface area is 106 Å². The van der Waals surface area contributed by atoms with Gasteiger partial charge >= 0.3 is 5.97 Å².